The molecule has 26 heavy (non-hydrogen) atoms. The first-order valence-electron chi connectivity index (χ1n) is 8.45. The largest absolute Gasteiger partial charge is 0.497 e. The molecule has 4 nitrogen and oxygen atoms in total. The van der Waals surface area contributed by atoms with Gasteiger partial charge in [-0.1, -0.05) is 31.2 Å². The fourth-order valence-corrected chi connectivity index (χ4v) is 2.51. The second-order valence-corrected chi connectivity index (χ2v) is 5.94. The van der Waals surface area contributed by atoms with E-state index in [-0.39, 0.29) is 29.8 Å². The molecule has 2 N–H and O–H groups in total. The maximum Gasteiger partial charge on any atom is 0.191 e. The molecular formula is C20H27FIN3O. The molecule has 142 valence electrons. The van der Waals surface area contributed by atoms with Crippen molar-refractivity contribution in [3.8, 4) is 5.75 Å². The van der Waals surface area contributed by atoms with Gasteiger partial charge in [0, 0.05) is 20.1 Å². The van der Waals surface area contributed by atoms with E-state index in [9.17, 15) is 4.39 Å². The van der Waals surface area contributed by atoms with Crippen LogP contribution in [0.1, 0.15) is 30.4 Å². The summed E-state index contributed by atoms with van der Waals surface area (Å²) in [6, 6.07) is 14.6. The Morgan fingerprint density at radius 3 is 2.31 bits per heavy atom. The summed E-state index contributed by atoms with van der Waals surface area (Å²) < 4.78 is 18.1. The maximum absolute atomic E-state index is 12.9. The molecule has 2 aromatic carbocycles. The summed E-state index contributed by atoms with van der Waals surface area (Å²) in [4.78, 5) is 4.22. The van der Waals surface area contributed by atoms with Crippen molar-refractivity contribution in [1.82, 2.24) is 10.6 Å². The third-order valence-electron chi connectivity index (χ3n) is 4.15. The van der Waals surface area contributed by atoms with Gasteiger partial charge < -0.3 is 15.4 Å². The van der Waals surface area contributed by atoms with E-state index in [0.29, 0.717) is 12.5 Å². The number of aliphatic imine (C=N–C) groups is 1. The van der Waals surface area contributed by atoms with Crippen molar-refractivity contribution in [2.45, 2.75) is 25.8 Å². The van der Waals surface area contributed by atoms with Crippen LogP contribution in [0.25, 0.3) is 0 Å². The van der Waals surface area contributed by atoms with E-state index >= 15 is 0 Å². The van der Waals surface area contributed by atoms with Crippen LogP contribution in [0.5, 0.6) is 5.75 Å². The minimum Gasteiger partial charge on any atom is -0.497 e. The first-order valence-corrected chi connectivity index (χ1v) is 8.45. The molecule has 0 aliphatic rings. The summed E-state index contributed by atoms with van der Waals surface area (Å²) in [7, 11) is 3.42. The molecule has 2 rings (SSSR count). The van der Waals surface area contributed by atoms with Gasteiger partial charge in [-0.25, -0.2) is 4.39 Å². The molecule has 0 amide bonds. The number of hydrogen-bond acceptors (Lipinski definition) is 2. The molecule has 0 spiro atoms. The monoisotopic (exact) mass is 471 g/mol. The van der Waals surface area contributed by atoms with Crippen LogP contribution in [0.4, 0.5) is 4.39 Å². The summed E-state index contributed by atoms with van der Waals surface area (Å²) in [5.41, 5.74) is 2.30. The number of guanidine groups is 1. The summed E-state index contributed by atoms with van der Waals surface area (Å²) >= 11 is 0. The number of methoxy groups -OCH3 is 1. The highest BCUT2D eigenvalue weighted by Crippen LogP contribution is 2.21. The standard InChI is InChI=1S/C20H26FN3O.HI/c1-15(17-6-10-19(25-3)11-7-17)12-13-23-20(22-2)24-14-16-4-8-18(21)9-5-16;/h4-11,15H,12-14H2,1-3H3,(H2,22,23,24);1H. The average Bonchev–Trinajstić information content (AvgIpc) is 2.65. The Kier molecular flexibility index (Phi) is 10.0. The Hall–Kier alpha value is -1.83. The van der Waals surface area contributed by atoms with Gasteiger partial charge in [0.05, 0.1) is 7.11 Å². The van der Waals surface area contributed by atoms with Gasteiger partial charge in [-0.3, -0.25) is 4.99 Å². The molecule has 0 fully saturated rings. The van der Waals surface area contributed by atoms with Crippen molar-refractivity contribution in [3.05, 3.63) is 65.5 Å². The van der Waals surface area contributed by atoms with E-state index in [0.717, 1.165) is 30.2 Å². The highest BCUT2D eigenvalue weighted by Gasteiger charge is 2.06. The minimum atomic E-state index is -0.223. The Bertz CT molecular complexity index is 674. The van der Waals surface area contributed by atoms with Crippen molar-refractivity contribution < 1.29 is 9.13 Å². The fraction of sp³-hybridized carbons (Fsp3) is 0.350. The van der Waals surface area contributed by atoms with Crippen LogP contribution >= 0.6 is 24.0 Å². The first kappa shape index (κ1) is 22.2. The first-order chi connectivity index (χ1) is 12.1. The SMILES string of the molecule is CN=C(NCCC(C)c1ccc(OC)cc1)NCc1ccc(F)cc1.I. The van der Waals surface area contributed by atoms with E-state index in [1.807, 2.05) is 12.1 Å². The molecule has 2 aromatic rings. The number of nitrogens with one attached hydrogen (secondary N) is 2. The zero-order valence-corrected chi connectivity index (χ0v) is 17.8. The number of rotatable bonds is 7. The molecule has 0 aliphatic heterocycles. The topological polar surface area (TPSA) is 45.7 Å². The molecule has 6 heteroatoms. The van der Waals surface area contributed by atoms with Crippen LogP contribution in [0, 0.1) is 5.82 Å². The van der Waals surface area contributed by atoms with Gasteiger partial charge in [-0.15, -0.1) is 24.0 Å². The molecule has 0 radical (unpaired) electrons. The summed E-state index contributed by atoms with van der Waals surface area (Å²) in [5, 5.41) is 6.55. The van der Waals surface area contributed by atoms with Crippen LogP contribution in [-0.4, -0.2) is 26.7 Å². The van der Waals surface area contributed by atoms with Crippen molar-refractivity contribution >= 4 is 29.9 Å². The van der Waals surface area contributed by atoms with Crippen molar-refractivity contribution in [1.29, 1.82) is 0 Å². The molecule has 0 saturated heterocycles. The highest BCUT2D eigenvalue weighted by atomic mass is 127. The van der Waals surface area contributed by atoms with Crippen molar-refractivity contribution in [3.63, 3.8) is 0 Å². The second-order valence-electron chi connectivity index (χ2n) is 5.94. The zero-order chi connectivity index (χ0) is 18.1. The maximum atomic E-state index is 12.9. The van der Waals surface area contributed by atoms with E-state index < -0.39 is 0 Å². The zero-order valence-electron chi connectivity index (χ0n) is 15.5. The van der Waals surface area contributed by atoms with Gasteiger partial charge in [0.15, 0.2) is 5.96 Å². The van der Waals surface area contributed by atoms with E-state index in [2.05, 4.69) is 34.7 Å². The average molecular weight is 471 g/mol. The molecule has 1 atom stereocenters. The van der Waals surface area contributed by atoms with E-state index in [1.54, 1.807) is 26.3 Å². The lowest BCUT2D eigenvalue weighted by molar-refractivity contribution is 0.414. The van der Waals surface area contributed by atoms with Crippen LogP contribution in [-0.2, 0) is 6.54 Å². The van der Waals surface area contributed by atoms with Crippen molar-refractivity contribution in [2.75, 3.05) is 20.7 Å². The summed E-state index contributed by atoms with van der Waals surface area (Å²) in [6.45, 7) is 3.63. The molecule has 0 aromatic heterocycles. The summed E-state index contributed by atoms with van der Waals surface area (Å²) in [6.07, 6.45) is 0.990. The lowest BCUT2D eigenvalue weighted by Gasteiger charge is -2.15. The Labute approximate surface area is 172 Å². The number of hydrogen-bond donors (Lipinski definition) is 2. The van der Waals surface area contributed by atoms with E-state index in [1.165, 1.54) is 17.7 Å². The number of ether oxygens (including phenoxy) is 1. The molecule has 1 unspecified atom stereocenters. The van der Waals surface area contributed by atoms with E-state index in [4.69, 9.17) is 4.74 Å². The molecule has 0 aliphatic carbocycles. The van der Waals surface area contributed by atoms with Crippen LogP contribution < -0.4 is 15.4 Å². The van der Waals surface area contributed by atoms with Crippen LogP contribution in [0.2, 0.25) is 0 Å². The molecule has 0 saturated carbocycles. The number of nitrogens with zero attached hydrogens (tertiary/aromatic N) is 1. The van der Waals surface area contributed by atoms with Gasteiger partial charge in [0.1, 0.15) is 11.6 Å². The molecular weight excluding hydrogens is 444 g/mol. The van der Waals surface area contributed by atoms with Crippen LogP contribution in [0.15, 0.2) is 53.5 Å². The predicted molar refractivity (Wildman–Crippen MR) is 116 cm³/mol. The normalized spacial score (nSPS) is 12.1. The number of halogens is 2. The smallest absolute Gasteiger partial charge is 0.191 e. The van der Waals surface area contributed by atoms with Crippen LogP contribution in [0.3, 0.4) is 0 Å². The quantitative estimate of drug-likeness (QED) is 0.360. The summed E-state index contributed by atoms with van der Waals surface area (Å²) in [5.74, 6) is 1.83. The fourth-order valence-electron chi connectivity index (χ4n) is 2.51. The Morgan fingerprint density at radius 2 is 1.73 bits per heavy atom. The molecule has 0 heterocycles. The van der Waals surface area contributed by atoms with Gasteiger partial charge in [-0.2, -0.15) is 0 Å². The van der Waals surface area contributed by atoms with Gasteiger partial charge in [-0.05, 0) is 47.7 Å². The lowest BCUT2D eigenvalue weighted by atomic mass is 9.98. The van der Waals surface area contributed by atoms with Gasteiger partial charge >= 0.3 is 0 Å². The second kappa shape index (κ2) is 11.7. The Morgan fingerprint density at radius 1 is 1.08 bits per heavy atom. The predicted octanol–water partition coefficient (Wildman–Crippen LogP) is 4.31. The third-order valence-corrected chi connectivity index (χ3v) is 4.15. The van der Waals surface area contributed by atoms with Crippen molar-refractivity contribution in [2.24, 2.45) is 4.99 Å². The highest BCUT2D eigenvalue weighted by molar-refractivity contribution is 14.0. The molecule has 0 bridgehead atoms. The van der Waals surface area contributed by atoms with Gasteiger partial charge in [0.2, 0.25) is 0 Å². The Balaban J connectivity index is 0.00000338. The third kappa shape index (κ3) is 7.19. The van der Waals surface area contributed by atoms with Gasteiger partial charge in [0.25, 0.3) is 0 Å². The lowest BCUT2D eigenvalue weighted by Crippen LogP contribution is -2.37. The number of benzene rings is 2. The minimum absolute atomic E-state index is 0.